The molecule has 6 heteroatoms. The van der Waals surface area contributed by atoms with Crippen molar-refractivity contribution in [3.8, 4) is 5.75 Å². The largest absolute Gasteiger partial charge is 0.495 e. The van der Waals surface area contributed by atoms with Crippen molar-refractivity contribution < 1.29 is 14.4 Å². The fraction of sp³-hybridized carbons (Fsp3) is 0.308. The molecule has 0 saturated heterocycles. The molecule has 0 fully saturated rings. The van der Waals surface area contributed by atoms with E-state index >= 15 is 0 Å². The molecule has 0 aliphatic heterocycles. The Hall–Kier alpha value is -1.72. The normalized spacial score (nSPS) is 10.7. The first-order valence-corrected chi connectivity index (χ1v) is 6.32. The summed E-state index contributed by atoms with van der Waals surface area (Å²) < 4.78 is 5.15. The van der Waals surface area contributed by atoms with Gasteiger partial charge in [0.05, 0.1) is 24.3 Å². The minimum absolute atomic E-state index is 0.302. The van der Waals surface area contributed by atoms with Crippen LogP contribution in [0.2, 0.25) is 5.02 Å². The molecule has 2 N–H and O–H groups in total. The summed E-state index contributed by atoms with van der Waals surface area (Å²) in [5.41, 5.74) is 3.65. The Morgan fingerprint density at radius 3 is 2.95 bits per heavy atom. The number of ether oxygens (including phenoxy) is 1. The zero-order valence-electron chi connectivity index (χ0n) is 10.7. The Morgan fingerprint density at radius 2 is 2.26 bits per heavy atom. The van der Waals surface area contributed by atoms with Crippen LogP contribution in [0.1, 0.15) is 23.7 Å². The molecule has 0 bridgehead atoms. The maximum atomic E-state index is 11.9. The second-order valence-corrected chi connectivity index (χ2v) is 4.42. The zero-order valence-corrected chi connectivity index (χ0v) is 11.5. The van der Waals surface area contributed by atoms with Crippen molar-refractivity contribution in [3.63, 3.8) is 0 Å². The number of fused-ring (bicyclic) bond motifs is 1. The van der Waals surface area contributed by atoms with Crippen molar-refractivity contribution in [2.75, 3.05) is 13.7 Å². The standard InChI is InChI=1S/C13H15ClN2O3/c1-3-4-19-16-13(17)9-7-15-11-6-10(14)12(18-2)5-8(9)11/h5-7,15H,3-4H2,1-2H3,(H,16,17). The number of hydrogen-bond donors (Lipinski definition) is 2. The first-order valence-electron chi connectivity index (χ1n) is 5.94. The Kier molecular flexibility index (Phi) is 4.29. The highest BCUT2D eigenvalue weighted by Gasteiger charge is 2.14. The van der Waals surface area contributed by atoms with Crippen LogP contribution in [0.5, 0.6) is 5.75 Å². The number of aromatic nitrogens is 1. The summed E-state index contributed by atoms with van der Waals surface area (Å²) in [5.74, 6) is 0.223. The molecule has 1 aromatic carbocycles. The van der Waals surface area contributed by atoms with E-state index in [1.165, 1.54) is 7.11 Å². The summed E-state index contributed by atoms with van der Waals surface area (Å²) in [5, 5.41) is 1.23. The number of methoxy groups -OCH3 is 1. The lowest BCUT2D eigenvalue weighted by atomic mass is 10.1. The molecule has 1 aromatic heterocycles. The molecule has 2 aromatic rings. The predicted molar refractivity (Wildman–Crippen MR) is 73.6 cm³/mol. The number of carbonyl (C=O) groups is 1. The van der Waals surface area contributed by atoms with Crippen LogP contribution in [-0.4, -0.2) is 24.6 Å². The van der Waals surface area contributed by atoms with Gasteiger partial charge in [-0.3, -0.25) is 9.63 Å². The summed E-state index contributed by atoms with van der Waals surface area (Å²) in [6.45, 7) is 2.44. The molecule has 19 heavy (non-hydrogen) atoms. The summed E-state index contributed by atoms with van der Waals surface area (Å²) in [6, 6.07) is 3.45. The zero-order chi connectivity index (χ0) is 13.8. The monoisotopic (exact) mass is 282 g/mol. The molecule has 0 aliphatic rings. The first-order chi connectivity index (χ1) is 9.17. The summed E-state index contributed by atoms with van der Waals surface area (Å²) in [7, 11) is 1.53. The summed E-state index contributed by atoms with van der Waals surface area (Å²) in [6.07, 6.45) is 2.45. The summed E-state index contributed by atoms with van der Waals surface area (Å²) in [4.78, 5) is 20.0. The highest BCUT2D eigenvalue weighted by molar-refractivity contribution is 6.33. The number of amides is 1. The third-order valence-electron chi connectivity index (χ3n) is 2.67. The van der Waals surface area contributed by atoms with E-state index in [0.29, 0.717) is 22.9 Å². The van der Waals surface area contributed by atoms with Crippen LogP contribution in [-0.2, 0) is 4.84 Å². The number of carbonyl (C=O) groups excluding carboxylic acids is 1. The average molecular weight is 283 g/mol. The number of H-pyrrole nitrogens is 1. The molecule has 2 rings (SSSR count). The Bertz CT molecular complexity index is 595. The highest BCUT2D eigenvalue weighted by atomic mass is 35.5. The Labute approximate surface area is 115 Å². The van der Waals surface area contributed by atoms with Gasteiger partial charge in [-0.15, -0.1) is 0 Å². The molecule has 0 radical (unpaired) electrons. The van der Waals surface area contributed by atoms with E-state index in [2.05, 4.69) is 10.5 Å². The number of aromatic amines is 1. The first kappa shape index (κ1) is 13.7. The number of benzene rings is 1. The molecule has 1 amide bonds. The third kappa shape index (κ3) is 2.83. The second-order valence-electron chi connectivity index (χ2n) is 4.01. The van der Waals surface area contributed by atoms with Crippen molar-refractivity contribution in [1.29, 1.82) is 0 Å². The van der Waals surface area contributed by atoms with Crippen LogP contribution < -0.4 is 10.2 Å². The predicted octanol–water partition coefficient (Wildman–Crippen LogP) is 2.90. The van der Waals surface area contributed by atoms with Gasteiger partial charge in [-0.05, 0) is 18.6 Å². The molecule has 102 valence electrons. The van der Waals surface area contributed by atoms with Crippen molar-refractivity contribution in [3.05, 3.63) is 28.9 Å². The van der Waals surface area contributed by atoms with Crippen LogP contribution >= 0.6 is 11.6 Å². The molecule has 0 atom stereocenters. The van der Waals surface area contributed by atoms with Gasteiger partial charge in [0.1, 0.15) is 5.75 Å². The van der Waals surface area contributed by atoms with E-state index in [0.717, 1.165) is 17.3 Å². The van der Waals surface area contributed by atoms with Crippen LogP contribution in [0.4, 0.5) is 0 Å². The fourth-order valence-electron chi connectivity index (χ4n) is 1.74. The van der Waals surface area contributed by atoms with Crippen molar-refractivity contribution in [1.82, 2.24) is 10.5 Å². The van der Waals surface area contributed by atoms with Gasteiger partial charge in [-0.2, -0.15) is 0 Å². The van der Waals surface area contributed by atoms with E-state index in [1.807, 2.05) is 6.92 Å². The molecular weight excluding hydrogens is 268 g/mol. The minimum atomic E-state index is -0.302. The van der Waals surface area contributed by atoms with E-state index in [1.54, 1.807) is 18.3 Å². The van der Waals surface area contributed by atoms with Gasteiger partial charge in [0.2, 0.25) is 0 Å². The van der Waals surface area contributed by atoms with Crippen LogP contribution in [0.3, 0.4) is 0 Å². The number of hydroxylamine groups is 1. The van der Waals surface area contributed by atoms with E-state index in [-0.39, 0.29) is 5.91 Å². The SMILES string of the molecule is CCCONC(=O)c1c[nH]c2cc(Cl)c(OC)cc12. The minimum Gasteiger partial charge on any atom is -0.495 e. The number of halogens is 1. The van der Waals surface area contributed by atoms with Crippen molar-refractivity contribution in [2.24, 2.45) is 0 Å². The van der Waals surface area contributed by atoms with Crippen LogP contribution in [0.15, 0.2) is 18.3 Å². The van der Waals surface area contributed by atoms with E-state index < -0.39 is 0 Å². The quantitative estimate of drug-likeness (QED) is 0.655. The molecule has 0 aliphatic carbocycles. The maximum absolute atomic E-state index is 11.9. The third-order valence-corrected chi connectivity index (χ3v) is 2.97. The maximum Gasteiger partial charge on any atom is 0.277 e. The van der Waals surface area contributed by atoms with Crippen LogP contribution in [0.25, 0.3) is 10.9 Å². The number of hydrogen-bond acceptors (Lipinski definition) is 3. The lowest BCUT2D eigenvalue weighted by Crippen LogP contribution is -2.23. The summed E-state index contributed by atoms with van der Waals surface area (Å²) >= 11 is 6.02. The smallest absolute Gasteiger partial charge is 0.277 e. The topological polar surface area (TPSA) is 63.3 Å². The van der Waals surface area contributed by atoms with Gasteiger partial charge in [-0.1, -0.05) is 18.5 Å². The molecule has 0 unspecified atom stereocenters. The molecule has 5 nitrogen and oxygen atoms in total. The van der Waals surface area contributed by atoms with E-state index in [4.69, 9.17) is 21.2 Å². The fourth-order valence-corrected chi connectivity index (χ4v) is 1.98. The van der Waals surface area contributed by atoms with Gasteiger partial charge >= 0.3 is 0 Å². The average Bonchev–Trinajstić information content (AvgIpc) is 2.80. The van der Waals surface area contributed by atoms with Gasteiger partial charge in [-0.25, -0.2) is 5.48 Å². The van der Waals surface area contributed by atoms with Crippen molar-refractivity contribution >= 4 is 28.4 Å². The Balaban J connectivity index is 2.31. The van der Waals surface area contributed by atoms with Crippen LogP contribution in [0, 0.1) is 0 Å². The number of rotatable bonds is 5. The van der Waals surface area contributed by atoms with Gasteiger partial charge in [0, 0.05) is 17.1 Å². The van der Waals surface area contributed by atoms with Gasteiger partial charge < -0.3 is 9.72 Å². The van der Waals surface area contributed by atoms with Gasteiger partial charge in [0.25, 0.3) is 5.91 Å². The van der Waals surface area contributed by atoms with Crippen molar-refractivity contribution in [2.45, 2.75) is 13.3 Å². The highest BCUT2D eigenvalue weighted by Crippen LogP contribution is 2.31. The Morgan fingerprint density at radius 1 is 1.47 bits per heavy atom. The molecule has 0 saturated carbocycles. The lowest BCUT2D eigenvalue weighted by molar-refractivity contribution is 0.0316. The number of nitrogens with one attached hydrogen (secondary N) is 2. The second kappa shape index (κ2) is 5.95. The lowest BCUT2D eigenvalue weighted by Gasteiger charge is -2.05. The molecule has 0 spiro atoms. The molecular formula is C13H15ClN2O3. The van der Waals surface area contributed by atoms with Gasteiger partial charge in [0.15, 0.2) is 0 Å². The molecule has 1 heterocycles. The van der Waals surface area contributed by atoms with E-state index in [9.17, 15) is 4.79 Å².